The fourth-order valence-corrected chi connectivity index (χ4v) is 2.27. The molecule has 70 valence electrons. The van der Waals surface area contributed by atoms with E-state index in [0.717, 1.165) is 12.8 Å². The van der Waals surface area contributed by atoms with E-state index in [1.54, 1.807) is 0 Å². The van der Waals surface area contributed by atoms with Gasteiger partial charge >= 0.3 is 0 Å². The van der Waals surface area contributed by atoms with Crippen LogP contribution in [0.3, 0.4) is 0 Å². The number of carbonyl (C=O) groups excluding carboxylic acids is 1. The van der Waals surface area contributed by atoms with E-state index < -0.39 is 14.5 Å². The summed E-state index contributed by atoms with van der Waals surface area (Å²) in [4.78, 5) is 11.2. The van der Waals surface area contributed by atoms with Gasteiger partial charge in [-0.25, -0.2) is 8.42 Å². The molecule has 0 radical (unpaired) electrons. The smallest absolute Gasteiger partial charge is 0.193 e. The maximum Gasteiger partial charge on any atom is 0.193 e. The van der Waals surface area contributed by atoms with Gasteiger partial charge < -0.3 is 0 Å². The van der Waals surface area contributed by atoms with E-state index in [9.17, 15) is 13.2 Å². The topological polar surface area (TPSA) is 51.2 Å². The predicted octanol–water partition coefficient (Wildman–Crippen LogP) is 0.965. The van der Waals surface area contributed by atoms with Gasteiger partial charge in [-0.3, -0.25) is 4.79 Å². The molecule has 0 amide bonds. The molecule has 0 aromatic rings. The van der Waals surface area contributed by atoms with Crippen LogP contribution in [0.4, 0.5) is 0 Å². The average molecular weight is 211 g/mol. The molecule has 0 heterocycles. The van der Waals surface area contributed by atoms with Crippen LogP contribution in [0, 0.1) is 5.92 Å². The van der Waals surface area contributed by atoms with Crippen molar-refractivity contribution in [3.63, 3.8) is 0 Å². The summed E-state index contributed by atoms with van der Waals surface area (Å²) in [7, 11) is -3.39. The lowest BCUT2D eigenvalue weighted by Crippen LogP contribution is -2.27. The number of sulfone groups is 1. The van der Waals surface area contributed by atoms with Gasteiger partial charge in [-0.2, -0.15) is 0 Å². The van der Waals surface area contributed by atoms with Crippen molar-refractivity contribution in [2.45, 2.75) is 24.5 Å². The molecule has 1 saturated carbocycles. The van der Waals surface area contributed by atoms with Crippen LogP contribution in [0.15, 0.2) is 0 Å². The number of alkyl halides is 1. The number of Topliss-reactive ketones (excluding diaryl/α,β-unsaturated/α-hetero) is 1. The Kier molecular flexibility index (Phi) is 2.78. The number of hydrogen-bond acceptors (Lipinski definition) is 3. The summed E-state index contributed by atoms with van der Waals surface area (Å²) >= 11 is 5.52. The minimum Gasteiger partial charge on any atom is -0.297 e. The largest absolute Gasteiger partial charge is 0.297 e. The Morgan fingerprint density at radius 3 is 2.42 bits per heavy atom. The molecule has 5 heteroatoms. The second kappa shape index (κ2) is 3.34. The highest BCUT2D eigenvalue weighted by Crippen LogP contribution is 2.33. The lowest BCUT2D eigenvalue weighted by Gasteiger charge is -2.06. The number of rotatable bonds is 4. The van der Waals surface area contributed by atoms with E-state index in [1.807, 2.05) is 0 Å². The van der Waals surface area contributed by atoms with Crippen molar-refractivity contribution >= 4 is 27.2 Å². The molecular formula is C7H11ClO3S. The first kappa shape index (κ1) is 9.99. The third-order valence-electron chi connectivity index (χ3n) is 1.92. The standard InChI is InChI=1S/C7H11ClO3S/c1-2-12(10,11)7(8)6(9)5-3-4-5/h5,7H,2-4H2,1H3/t7-/m0/s1. The average Bonchev–Trinajstić information content (AvgIpc) is 2.84. The van der Waals surface area contributed by atoms with Gasteiger partial charge in [0, 0.05) is 11.7 Å². The minimum atomic E-state index is -3.39. The molecule has 0 unspecified atom stereocenters. The third-order valence-corrected chi connectivity index (χ3v) is 4.62. The monoisotopic (exact) mass is 210 g/mol. The summed E-state index contributed by atoms with van der Waals surface area (Å²) in [6.45, 7) is 1.49. The van der Waals surface area contributed by atoms with Crippen molar-refractivity contribution in [2.24, 2.45) is 5.92 Å². The van der Waals surface area contributed by atoms with Gasteiger partial charge in [-0.15, -0.1) is 0 Å². The molecule has 0 aromatic heterocycles. The Balaban J connectivity index is 2.69. The Morgan fingerprint density at radius 2 is 2.08 bits per heavy atom. The van der Waals surface area contributed by atoms with Crippen LogP contribution in [-0.4, -0.2) is 24.7 Å². The Bertz CT molecular complexity index is 279. The number of halogens is 1. The highest BCUT2D eigenvalue weighted by Gasteiger charge is 2.39. The zero-order valence-corrected chi connectivity index (χ0v) is 8.36. The van der Waals surface area contributed by atoms with E-state index >= 15 is 0 Å². The van der Waals surface area contributed by atoms with Crippen LogP contribution in [0.2, 0.25) is 0 Å². The van der Waals surface area contributed by atoms with Crippen molar-refractivity contribution in [1.29, 1.82) is 0 Å². The molecule has 1 aliphatic carbocycles. The SMILES string of the molecule is CCS(=O)(=O)[C@H](Cl)C(=O)C1CC1. The summed E-state index contributed by atoms with van der Waals surface area (Å²) in [5.74, 6) is -0.480. The van der Waals surface area contributed by atoms with Crippen molar-refractivity contribution in [3.8, 4) is 0 Å². The first-order chi connectivity index (χ1) is 5.49. The second-order valence-corrected chi connectivity index (χ2v) is 6.01. The zero-order chi connectivity index (χ0) is 9.35. The summed E-state index contributed by atoms with van der Waals surface area (Å²) < 4.78 is 20.9. The number of hydrogen-bond donors (Lipinski definition) is 0. The zero-order valence-electron chi connectivity index (χ0n) is 6.79. The summed E-state index contributed by atoms with van der Waals surface area (Å²) in [5, 5.41) is 0. The van der Waals surface area contributed by atoms with Crippen LogP contribution < -0.4 is 0 Å². The number of ketones is 1. The molecule has 1 rings (SSSR count). The fraction of sp³-hybridized carbons (Fsp3) is 0.857. The first-order valence-electron chi connectivity index (χ1n) is 3.88. The molecule has 0 aromatic carbocycles. The van der Waals surface area contributed by atoms with Crippen molar-refractivity contribution < 1.29 is 13.2 Å². The molecule has 0 aliphatic heterocycles. The molecule has 0 saturated heterocycles. The first-order valence-corrected chi connectivity index (χ1v) is 6.03. The molecule has 0 spiro atoms. The summed E-state index contributed by atoms with van der Waals surface area (Å²) in [5.41, 5.74) is 0. The van der Waals surface area contributed by atoms with E-state index in [0.29, 0.717) is 0 Å². The highest BCUT2D eigenvalue weighted by atomic mass is 35.5. The van der Waals surface area contributed by atoms with E-state index in [2.05, 4.69) is 0 Å². The lowest BCUT2D eigenvalue weighted by molar-refractivity contribution is -0.118. The van der Waals surface area contributed by atoms with Gasteiger partial charge in [0.2, 0.25) is 0 Å². The van der Waals surface area contributed by atoms with Gasteiger partial charge in [-0.05, 0) is 12.8 Å². The summed E-state index contributed by atoms with van der Waals surface area (Å²) in [6.07, 6.45) is 1.59. The molecule has 1 atom stereocenters. The molecule has 1 aliphatic rings. The van der Waals surface area contributed by atoms with Crippen LogP contribution in [0.1, 0.15) is 19.8 Å². The van der Waals surface area contributed by atoms with Gasteiger partial charge in [-0.1, -0.05) is 18.5 Å². The van der Waals surface area contributed by atoms with Crippen LogP contribution in [-0.2, 0) is 14.6 Å². The number of carbonyl (C=O) groups is 1. The Hall–Kier alpha value is -0.0900. The predicted molar refractivity (Wildman–Crippen MR) is 46.8 cm³/mol. The molecule has 0 N–H and O–H groups in total. The molecule has 12 heavy (non-hydrogen) atoms. The van der Waals surface area contributed by atoms with E-state index in [-0.39, 0.29) is 17.5 Å². The fourth-order valence-electron chi connectivity index (χ4n) is 0.876. The normalized spacial score (nSPS) is 20.5. The van der Waals surface area contributed by atoms with E-state index in [4.69, 9.17) is 11.6 Å². The van der Waals surface area contributed by atoms with Gasteiger partial charge in [0.1, 0.15) is 0 Å². The van der Waals surface area contributed by atoms with Gasteiger partial charge in [0.25, 0.3) is 0 Å². The van der Waals surface area contributed by atoms with Crippen molar-refractivity contribution in [1.82, 2.24) is 0 Å². The van der Waals surface area contributed by atoms with Crippen LogP contribution >= 0.6 is 11.6 Å². The molecular weight excluding hydrogens is 200 g/mol. The quantitative estimate of drug-likeness (QED) is 0.650. The third kappa shape index (κ3) is 1.98. The van der Waals surface area contributed by atoms with E-state index in [1.165, 1.54) is 6.92 Å². The molecule has 1 fully saturated rings. The van der Waals surface area contributed by atoms with Crippen molar-refractivity contribution in [2.75, 3.05) is 5.75 Å². The van der Waals surface area contributed by atoms with Crippen LogP contribution in [0.5, 0.6) is 0 Å². The van der Waals surface area contributed by atoms with Crippen molar-refractivity contribution in [3.05, 3.63) is 0 Å². The maximum atomic E-state index is 11.2. The molecule has 0 bridgehead atoms. The van der Waals surface area contributed by atoms with Crippen LogP contribution in [0.25, 0.3) is 0 Å². The molecule has 3 nitrogen and oxygen atoms in total. The summed E-state index contributed by atoms with van der Waals surface area (Å²) in [6, 6.07) is 0. The Morgan fingerprint density at radius 1 is 1.58 bits per heavy atom. The maximum absolute atomic E-state index is 11.2. The van der Waals surface area contributed by atoms with Gasteiger partial charge in [0.15, 0.2) is 20.3 Å². The highest BCUT2D eigenvalue weighted by molar-refractivity contribution is 7.94. The Labute approximate surface area is 77.0 Å². The lowest BCUT2D eigenvalue weighted by atomic mass is 10.3. The minimum absolute atomic E-state index is 0.0698. The second-order valence-electron chi connectivity index (χ2n) is 2.94. The van der Waals surface area contributed by atoms with Gasteiger partial charge in [0.05, 0.1) is 0 Å².